The maximum Gasteiger partial charge on any atom is 0.166 e. The number of ether oxygens (including phenoxy) is 1. The summed E-state index contributed by atoms with van der Waals surface area (Å²) in [6.07, 6.45) is 16.5. The van der Waals surface area contributed by atoms with E-state index in [1.807, 2.05) is 6.92 Å². The maximum atomic E-state index is 15.3. The molecule has 180 valence electrons. The van der Waals surface area contributed by atoms with Crippen LogP contribution in [-0.2, 0) is 0 Å². The molecule has 0 spiro atoms. The van der Waals surface area contributed by atoms with Gasteiger partial charge in [-0.1, -0.05) is 52.5 Å². The Morgan fingerprint density at radius 3 is 2.22 bits per heavy atom. The second kappa shape index (κ2) is 12.2. The van der Waals surface area contributed by atoms with Crippen molar-refractivity contribution in [3.63, 3.8) is 0 Å². The second-order valence-corrected chi connectivity index (χ2v) is 11.1. The van der Waals surface area contributed by atoms with Crippen LogP contribution in [0.4, 0.5) is 4.39 Å². The number of benzene rings is 1. The van der Waals surface area contributed by atoms with E-state index < -0.39 is 0 Å². The zero-order chi connectivity index (χ0) is 23.1. The first kappa shape index (κ1) is 25.3. The standard InChI is InChI=1S/C30H47FO/c1-6-7-8-9-10-23(5)32-30-28(21(2)3)19-27(20-29(30)31)26-17-15-25(16-18-26)24-13-11-22(4)12-14-24/h19-20,22-26H,2,6-18H2,1,3-5H3. The van der Waals surface area contributed by atoms with Crippen molar-refractivity contribution < 1.29 is 9.13 Å². The van der Waals surface area contributed by atoms with Crippen molar-refractivity contribution in [3.8, 4) is 5.75 Å². The Morgan fingerprint density at radius 2 is 1.62 bits per heavy atom. The van der Waals surface area contributed by atoms with Gasteiger partial charge in [0.2, 0.25) is 0 Å². The van der Waals surface area contributed by atoms with Gasteiger partial charge in [-0.2, -0.15) is 0 Å². The van der Waals surface area contributed by atoms with Crippen LogP contribution in [0.3, 0.4) is 0 Å². The third-order valence-electron chi connectivity index (χ3n) is 8.28. The Kier molecular flexibility index (Phi) is 9.68. The van der Waals surface area contributed by atoms with Gasteiger partial charge < -0.3 is 4.74 Å². The molecule has 0 radical (unpaired) electrons. The number of halogens is 1. The van der Waals surface area contributed by atoms with E-state index in [1.165, 1.54) is 70.6 Å². The van der Waals surface area contributed by atoms with E-state index >= 15 is 4.39 Å². The number of hydrogen-bond donors (Lipinski definition) is 0. The van der Waals surface area contributed by atoms with Crippen molar-refractivity contribution in [2.24, 2.45) is 17.8 Å². The number of unbranched alkanes of at least 4 members (excludes halogenated alkanes) is 3. The molecule has 1 aromatic rings. The van der Waals surface area contributed by atoms with Gasteiger partial charge >= 0.3 is 0 Å². The average Bonchev–Trinajstić information content (AvgIpc) is 2.78. The van der Waals surface area contributed by atoms with Gasteiger partial charge in [0, 0.05) is 5.56 Å². The Labute approximate surface area is 197 Å². The third-order valence-corrected chi connectivity index (χ3v) is 8.28. The van der Waals surface area contributed by atoms with Gasteiger partial charge in [-0.3, -0.25) is 0 Å². The molecular weight excluding hydrogens is 395 g/mol. The van der Waals surface area contributed by atoms with Crippen LogP contribution in [0.2, 0.25) is 0 Å². The Balaban J connectivity index is 1.62. The van der Waals surface area contributed by atoms with Gasteiger partial charge in [0.05, 0.1) is 6.10 Å². The molecule has 3 rings (SSSR count). The van der Waals surface area contributed by atoms with Gasteiger partial charge in [-0.05, 0) is 112 Å². The number of hydrogen-bond acceptors (Lipinski definition) is 1. The van der Waals surface area contributed by atoms with Crippen molar-refractivity contribution in [2.75, 3.05) is 0 Å². The first-order chi connectivity index (χ1) is 15.4. The molecule has 2 aliphatic carbocycles. The summed E-state index contributed by atoms with van der Waals surface area (Å²) in [5.74, 6) is 3.43. The fourth-order valence-electron chi connectivity index (χ4n) is 6.09. The fraction of sp³-hybridized carbons (Fsp3) is 0.733. The molecule has 1 atom stereocenters. The third kappa shape index (κ3) is 6.84. The first-order valence-electron chi connectivity index (χ1n) is 13.5. The summed E-state index contributed by atoms with van der Waals surface area (Å²) in [7, 11) is 0. The molecule has 1 nitrogen and oxygen atoms in total. The molecule has 32 heavy (non-hydrogen) atoms. The van der Waals surface area contributed by atoms with Crippen LogP contribution in [-0.4, -0.2) is 6.10 Å². The summed E-state index contributed by atoms with van der Waals surface area (Å²) >= 11 is 0. The van der Waals surface area contributed by atoms with Gasteiger partial charge in [-0.25, -0.2) is 4.39 Å². The van der Waals surface area contributed by atoms with Crippen LogP contribution < -0.4 is 4.74 Å². The lowest BCUT2D eigenvalue weighted by molar-refractivity contribution is 0.165. The number of rotatable bonds is 10. The quantitative estimate of drug-likeness (QED) is 0.328. The van der Waals surface area contributed by atoms with Crippen molar-refractivity contribution in [3.05, 3.63) is 35.7 Å². The molecule has 0 amide bonds. The van der Waals surface area contributed by atoms with E-state index in [9.17, 15) is 0 Å². The van der Waals surface area contributed by atoms with Crippen molar-refractivity contribution in [1.82, 2.24) is 0 Å². The molecule has 2 fully saturated rings. The zero-order valence-corrected chi connectivity index (χ0v) is 21.2. The molecular formula is C30H47FO. The highest BCUT2D eigenvalue weighted by Crippen LogP contribution is 2.45. The molecule has 1 aromatic carbocycles. The monoisotopic (exact) mass is 442 g/mol. The van der Waals surface area contributed by atoms with E-state index in [0.29, 0.717) is 11.7 Å². The molecule has 0 bridgehead atoms. The first-order valence-corrected chi connectivity index (χ1v) is 13.5. The second-order valence-electron chi connectivity index (χ2n) is 11.1. The smallest absolute Gasteiger partial charge is 0.166 e. The van der Waals surface area contributed by atoms with Crippen LogP contribution in [0, 0.1) is 23.6 Å². The molecule has 0 heterocycles. The Bertz CT molecular complexity index is 723. The molecule has 2 saturated carbocycles. The van der Waals surface area contributed by atoms with Gasteiger partial charge in [0.1, 0.15) is 0 Å². The summed E-state index contributed by atoms with van der Waals surface area (Å²) in [4.78, 5) is 0. The van der Waals surface area contributed by atoms with Crippen LogP contribution in [0.15, 0.2) is 18.7 Å². The molecule has 1 unspecified atom stereocenters. The van der Waals surface area contributed by atoms with E-state index in [2.05, 4.69) is 33.4 Å². The lowest BCUT2D eigenvalue weighted by Gasteiger charge is -2.37. The lowest BCUT2D eigenvalue weighted by Crippen LogP contribution is -2.25. The minimum absolute atomic E-state index is 0.0268. The van der Waals surface area contributed by atoms with Crippen LogP contribution in [0.5, 0.6) is 5.75 Å². The Hall–Kier alpha value is -1.31. The van der Waals surface area contributed by atoms with Crippen LogP contribution >= 0.6 is 0 Å². The fourth-order valence-corrected chi connectivity index (χ4v) is 6.09. The van der Waals surface area contributed by atoms with Gasteiger partial charge in [0.25, 0.3) is 0 Å². The molecule has 0 aliphatic heterocycles. The predicted molar refractivity (Wildman–Crippen MR) is 136 cm³/mol. The highest BCUT2D eigenvalue weighted by atomic mass is 19.1. The van der Waals surface area contributed by atoms with Crippen molar-refractivity contribution in [2.45, 2.75) is 123 Å². The average molecular weight is 443 g/mol. The highest BCUT2D eigenvalue weighted by Gasteiger charge is 2.31. The SMILES string of the molecule is C=C(C)c1cc(C2CCC(C3CCC(C)CC3)CC2)cc(F)c1OC(C)CCCCCC. The van der Waals surface area contributed by atoms with Gasteiger partial charge in [-0.15, -0.1) is 0 Å². The summed E-state index contributed by atoms with van der Waals surface area (Å²) in [6.45, 7) is 12.8. The molecule has 0 N–H and O–H groups in total. The van der Waals surface area contributed by atoms with Gasteiger partial charge in [0.15, 0.2) is 11.6 Å². The Morgan fingerprint density at radius 1 is 1.00 bits per heavy atom. The summed E-state index contributed by atoms with van der Waals surface area (Å²) in [5, 5.41) is 0. The summed E-state index contributed by atoms with van der Waals surface area (Å²) in [6, 6.07) is 3.94. The van der Waals surface area contributed by atoms with E-state index in [-0.39, 0.29) is 11.9 Å². The largest absolute Gasteiger partial charge is 0.487 e. The molecule has 2 heteroatoms. The normalized spacial score (nSPS) is 27.2. The maximum absolute atomic E-state index is 15.3. The van der Waals surface area contributed by atoms with E-state index in [1.54, 1.807) is 6.07 Å². The van der Waals surface area contributed by atoms with Crippen molar-refractivity contribution >= 4 is 5.57 Å². The van der Waals surface area contributed by atoms with E-state index in [0.717, 1.165) is 47.3 Å². The minimum atomic E-state index is -0.204. The van der Waals surface area contributed by atoms with Crippen LogP contribution in [0.1, 0.15) is 128 Å². The zero-order valence-electron chi connectivity index (χ0n) is 21.2. The van der Waals surface area contributed by atoms with Crippen LogP contribution in [0.25, 0.3) is 5.57 Å². The predicted octanol–water partition coefficient (Wildman–Crippen LogP) is 9.70. The molecule has 0 aromatic heterocycles. The topological polar surface area (TPSA) is 9.23 Å². The highest BCUT2D eigenvalue weighted by molar-refractivity contribution is 5.68. The molecule has 0 saturated heterocycles. The minimum Gasteiger partial charge on any atom is -0.487 e. The lowest BCUT2D eigenvalue weighted by atomic mass is 9.68. The molecule has 2 aliphatic rings. The van der Waals surface area contributed by atoms with Crippen molar-refractivity contribution in [1.29, 1.82) is 0 Å². The summed E-state index contributed by atoms with van der Waals surface area (Å²) in [5.41, 5.74) is 2.91. The number of allylic oxidation sites excluding steroid dienone is 1. The summed E-state index contributed by atoms with van der Waals surface area (Å²) < 4.78 is 21.4. The van der Waals surface area contributed by atoms with E-state index in [4.69, 9.17) is 4.74 Å².